The zero-order valence-corrected chi connectivity index (χ0v) is 16.0. The summed E-state index contributed by atoms with van der Waals surface area (Å²) < 4.78 is 0. The Morgan fingerprint density at radius 1 is 1.00 bits per heavy atom. The van der Waals surface area contributed by atoms with Gasteiger partial charge in [-0.25, -0.2) is 9.97 Å². The number of piperidine rings is 1. The van der Waals surface area contributed by atoms with Crippen LogP contribution in [0.1, 0.15) is 23.2 Å². The van der Waals surface area contributed by atoms with E-state index >= 15 is 0 Å². The largest absolute Gasteiger partial charge is 0.505 e. The van der Waals surface area contributed by atoms with Gasteiger partial charge in [0.15, 0.2) is 11.5 Å². The van der Waals surface area contributed by atoms with E-state index in [1.807, 2.05) is 53.4 Å². The number of carbonyl (C=O) groups excluding carboxylic acids is 1. The summed E-state index contributed by atoms with van der Waals surface area (Å²) in [5, 5.41) is 9.81. The number of aromatic hydroxyl groups is 1. The van der Waals surface area contributed by atoms with E-state index in [1.165, 1.54) is 12.4 Å². The maximum Gasteiger partial charge on any atom is 0.225 e. The maximum atomic E-state index is 13.0. The fourth-order valence-electron chi connectivity index (χ4n) is 3.56. The third-order valence-corrected chi connectivity index (χ3v) is 5.43. The van der Waals surface area contributed by atoms with Gasteiger partial charge in [-0.2, -0.15) is 0 Å². The molecular formula is C22H20ClN3O2. The highest BCUT2D eigenvalue weighted by Gasteiger charge is 2.28. The molecule has 0 spiro atoms. The van der Waals surface area contributed by atoms with Crippen molar-refractivity contribution in [1.82, 2.24) is 9.97 Å². The van der Waals surface area contributed by atoms with Gasteiger partial charge in [-0.1, -0.05) is 48.0 Å². The molecule has 1 aliphatic rings. The van der Waals surface area contributed by atoms with Crippen molar-refractivity contribution >= 4 is 23.3 Å². The second-order valence-corrected chi connectivity index (χ2v) is 7.33. The molecule has 1 N–H and O–H groups in total. The molecule has 0 radical (unpaired) electrons. The fraction of sp³-hybridized carbons (Fsp3) is 0.227. The van der Waals surface area contributed by atoms with E-state index in [1.54, 1.807) is 0 Å². The van der Waals surface area contributed by atoms with Crippen LogP contribution in [0, 0.1) is 5.92 Å². The third-order valence-electron chi connectivity index (χ3n) is 5.11. The summed E-state index contributed by atoms with van der Waals surface area (Å²) in [4.78, 5) is 23.3. The third kappa shape index (κ3) is 3.85. The van der Waals surface area contributed by atoms with E-state index < -0.39 is 0 Å². The first-order chi connectivity index (χ1) is 13.6. The molecule has 0 aliphatic carbocycles. The lowest BCUT2D eigenvalue weighted by atomic mass is 9.88. The van der Waals surface area contributed by atoms with Crippen molar-refractivity contribution in [2.24, 2.45) is 5.92 Å². The number of hydrogen-bond donors (Lipinski definition) is 1. The van der Waals surface area contributed by atoms with Crippen molar-refractivity contribution in [2.45, 2.75) is 12.8 Å². The fourth-order valence-corrected chi connectivity index (χ4v) is 3.84. The SMILES string of the molecule is O=C(c1ccc(-c2ccccc2)cc1Cl)C1CCN(c2ncc(O)cn2)CC1. The van der Waals surface area contributed by atoms with Crippen LogP contribution in [0.3, 0.4) is 0 Å². The summed E-state index contributed by atoms with van der Waals surface area (Å²) in [5.41, 5.74) is 2.66. The topological polar surface area (TPSA) is 66.3 Å². The van der Waals surface area contributed by atoms with Gasteiger partial charge in [-0.15, -0.1) is 0 Å². The predicted molar refractivity (Wildman–Crippen MR) is 110 cm³/mol. The van der Waals surface area contributed by atoms with Crippen molar-refractivity contribution in [1.29, 1.82) is 0 Å². The number of Topliss-reactive ketones (excluding diaryl/α,β-unsaturated/α-hetero) is 1. The summed E-state index contributed by atoms with van der Waals surface area (Å²) in [6.45, 7) is 1.39. The van der Waals surface area contributed by atoms with E-state index in [4.69, 9.17) is 11.6 Å². The van der Waals surface area contributed by atoms with Crippen molar-refractivity contribution in [3.8, 4) is 16.9 Å². The molecule has 0 bridgehead atoms. The lowest BCUT2D eigenvalue weighted by molar-refractivity contribution is 0.0900. The van der Waals surface area contributed by atoms with Gasteiger partial charge in [0.2, 0.25) is 5.95 Å². The lowest BCUT2D eigenvalue weighted by Crippen LogP contribution is -2.37. The van der Waals surface area contributed by atoms with Crippen LogP contribution in [0.15, 0.2) is 60.9 Å². The molecule has 28 heavy (non-hydrogen) atoms. The minimum absolute atomic E-state index is 0.0439. The second-order valence-electron chi connectivity index (χ2n) is 6.93. The van der Waals surface area contributed by atoms with Crippen LogP contribution in [0.2, 0.25) is 5.02 Å². The van der Waals surface area contributed by atoms with E-state index in [9.17, 15) is 9.90 Å². The van der Waals surface area contributed by atoms with E-state index in [2.05, 4.69) is 9.97 Å². The van der Waals surface area contributed by atoms with E-state index in [0.29, 0.717) is 29.6 Å². The van der Waals surface area contributed by atoms with Crippen molar-refractivity contribution in [3.63, 3.8) is 0 Å². The smallest absolute Gasteiger partial charge is 0.225 e. The van der Waals surface area contributed by atoms with Gasteiger partial charge in [0.25, 0.3) is 0 Å². The number of hydrogen-bond acceptors (Lipinski definition) is 5. The molecule has 5 nitrogen and oxygen atoms in total. The molecule has 1 aliphatic heterocycles. The Kier molecular flexibility index (Phi) is 5.26. The summed E-state index contributed by atoms with van der Waals surface area (Å²) in [6.07, 6.45) is 4.21. The van der Waals surface area contributed by atoms with Crippen molar-refractivity contribution < 1.29 is 9.90 Å². The molecule has 142 valence electrons. The van der Waals surface area contributed by atoms with E-state index in [-0.39, 0.29) is 17.5 Å². The van der Waals surface area contributed by atoms with Gasteiger partial charge >= 0.3 is 0 Å². The van der Waals surface area contributed by atoms with Crippen LogP contribution in [0.25, 0.3) is 11.1 Å². The minimum Gasteiger partial charge on any atom is -0.505 e. The molecule has 2 heterocycles. The molecule has 3 aromatic rings. The standard InChI is InChI=1S/C22H20ClN3O2/c23-20-12-17(15-4-2-1-3-5-15)6-7-19(20)21(28)16-8-10-26(11-9-16)22-24-13-18(27)14-25-22/h1-7,12-14,16,27H,8-11H2. The van der Waals surface area contributed by atoms with Crippen LogP contribution in [-0.2, 0) is 0 Å². The Morgan fingerprint density at radius 3 is 2.32 bits per heavy atom. The van der Waals surface area contributed by atoms with Crippen LogP contribution in [0.5, 0.6) is 5.75 Å². The highest BCUT2D eigenvalue weighted by atomic mass is 35.5. The molecule has 2 aromatic carbocycles. The van der Waals surface area contributed by atoms with Crippen LogP contribution < -0.4 is 4.90 Å². The molecular weight excluding hydrogens is 374 g/mol. The quantitative estimate of drug-likeness (QED) is 0.656. The Morgan fingerprint density at radius 2 is 1.68 bits per heavy atom. The Balaban J connectivity index is 1.44. The van der Waals surface area contributed by atoms with Gasteiger partial charge in [0, 0.05) is 24.6 Å². The zero-order chi connectivity index (χ0) is 19.5. The van der Waals surface area contributed by atoms with Gasteiger partial charge in [-0.3, -0.25) is 4.79 Å². The molecule has 1 fully saturated rings. The number of halogens is 1. The normalized spacial score (nSPS) is 14.8. The molecule has 0 unspecified atom stereocenters. The molecule has 0 saturated carbocycles. The van der Waals surface area contributed by atoms with Gasteiger partial charge in [0.1, 0.15) is 0 Å². The van der Waals surface area contributed by atoms with E-state index in [0.717, 1.165) is 24.0 Å². The predicted octanol–water partition coefficient (Wildman–Crippen LogP) is 4.60. The molecule has 1 saturated heterocycles. The number of benzene rings is 2. The monoisotopic (exact) mass is 393 g/mol. The number of aromatic nitrogens is 2. The average molecular weight is 394 g/mol. The Hall–Kier alpha value is -2.92. The van der Waals surface area contributed by atoms with Gasteiger partial charge < -0.3 is 10.0 Å². The number of ketones is 1. The first kappa shape index (κ1) is 18.4. The van der Waals surface area contributed by atoms with Crippen LogP contribution >= 0.6 is 11.6 Å². The first-order valence-electron chi connectivity index (χ1n) is 9.27. The minimum atomic E-state index is -0.0616. The summed E-state index contributed by atoms with van der Waals surface area (Å²) in [7, 11) is 0. The number of rotatable bonds is 4. The second kappa shape index (κ2) is 7.98. The Bertz CT molecular complexity index is 969. The summed E-state index contributed by atoms with van der Waals surface area (Å²) in [6, 6.07) is 15.6. The first-order valence-corrected chi connectivity index (χ1v) is 9.65. The maximum absolute atomic E-state index is 13.0. The van der Waals surface area contributed by atoms with Gasteiger partial charge in [0.05, 0.1) is 17.4 Å². The van der Waals surface area contributed by atoms with Crippen molar-refractivity contribution in [3.05, 3.63) is 71.5 Å². The highest BCUT2D eigenvalue weighted by Crippen LogP contribution is 2.30. The van der Waals surface area contributed by atoms with Crippen LogP contribution in [0.4, 0.5) is 5.95 Å². The van der Waals surface area contributed by atoms with Crippen LogP contribution in [-0.4, -0.2) is 33.9 Å². The molecule has 1 aromatic heterocycles. The molecule has 0 atom stereocenters. The lowest BCUT2D eigenvalue weighted by Gasteiger charge is -2.31. The zero-order valence-electron chi connectivity index (χ0n) is 15.3. The molecule has 0 amide bonds. The summed E-state index contributed by atoms with van der Waals surface area (Å²) >= 11 is 6.46. The molecule has 4 rings (SSSR count). The van der Waals surface area contributed by atoms with Crippen molar-refractivity contribution in [2.75, 3.05) is 18.0 Å². The molecule has 6 heteroatoms. The number of anilines is 1. The summed E-state index contributed by atoms with van der Waals surface area (Å²) in [5.74, 6) is 0.653. The number of carbonyl (C=O) groups is 1. The Labute approximate surface area is 168 Å². The highest BCUT2D eigenvalue weighted by molar-refractivity contribution is 6.34. The van der Waals surface area contributed by atoms with Gasteiger partial charge in [-0.05, 0) is 36.1 Å². The number of nitrogens with zero attached hydrogens (tertiary/aromatic N) is 3. The average Bonchev–Trinajstić information content (AvgIpc) is 2.74.